The standard InChI is InChI=1S/C29H31N3O5.2ClH/c1-4-19-16-29(19,28(34)36-5-2)32-27(33)25-14-21(17-30-25)37-26-15-23(18-9-7-6-8-10-18)31-24-13-20(35-3)11-12-22(24)26;;/h4,6-13,15,19,21,25,30H,1,5,14,16-17H2,2-3H3,(H,32,33);2*1H/t19?,21-,25?,29-;;/m1../s1. The van der Waals surface area contributed by atoms with E-state index >= 15 is 0 Å². The summed E-state index contributed by atoms with van der Waals surface area (Å²) in [6, 6.07) is 17.1. The fourth-order valence-corrected chi connectivity index (χ4v) is 4.90. The molecule has 1 aliphatic heterocycles. The number of rotatable bonds is 9. The van der Waals surface area contributed by atoms with E-state index in [4.69, 9.17) is 19.2 Å². The first-order chi connectivity index (χ1) is 18.0. The van der Waals surface area contributed by atoms with Gasteiger partial charge in [-0.25, -0.2) is 9.78 Å². The third-order valence-electron chi connectivity index (χ3n) is 7.03. The molecule has 39 heavy (non-hydrogen) atoms. The number of ether oxygens (including phenoxy) is 3. The Morgan fingerprint density at radius 2 is 1.95 bits per heavy atom. The van der Waals surface area contributed by atoms with E-state index in [0.717, 1.165) is 22.2 Å². The number of esters is 1. The van der Waals surface area contributed by atoms with E-state index < -0.39 is 17.6 Å². The van der Waals surface area contributed by atoms with E-state index in [9.17, 15) is 9.59 Å². The number of aromatic nitrogens is 1. The molecule has 1 amide bonds. The van der Waals surface area contributed by atoms with E-state index in [1.54, 1.807) is 20.1 Å². The van der Waals surface area contributed by atoms with E-state index in [1.165, 1.54) is 0 Å². The first kappa shape index (κ1) is 30.2. The second-order valence-electron chi connectivity index (χ2n) is 9.42. The van der Waals surface area contributed by atoms with Crippen molar-refractivity contribution in [2.45, 2.75) is 37.5 Å². The number of nitrogens with one attached hydrogen (secondary N) is 2. The highest BCUT2D eigenvalue weighted by Gasteiger charge is 2.61. The molecule has 1 aromatic heterocycles. The smallest absolute Gasteiger partial charge is 0.332 e. The number of nitrogens with zero attached hydrogens (tertiary/aromatic N) is 1. The molecule has 2 aromatic carbocycles. The minimum Gasteiger partial charge on any atom is -0.497 e. The molecule has 3 aromatic rings. The summed E-state index contributed by atoms with van der Waals surface area (Å²) in [5, 5.41) is 7.03. The summed E-state index contributed by atoms with van der Waals surface area (Å²) in [6.45, 7) is 6.29. The highest BCUT2D eigenvalue weighted by atomic mass is 35.5. The van der Waals surface area contributed by atoms with Crippen LogP contribution in [-0.2, 0) is 14.3 Å². The summed E-state index contributed by atoms with van der Waals surface area (Å²) < 4.78 is 17.1. The molecule has 0 spiro atoms. The van der Waals surface area contributed by atoms with Gasteiger partial charge in [-0.05, 0) is 25.5 Å². The van der Waals surface area contributed by atoms with Crippen LogP contribution >= 0.6 is 24.8 Å². The molecule has 2 unspecified atom stereocenters. The second-order valence-corrected chi connectivity index (χ2v) is 9.42. The van der Waals surface area contributed by atoms with Crippen molar-refractivity contribution in [1.29, 1.82) is 0 Å². The summed E-state index contributed by atoms with van der Waals surface area (Å²) in [4.78, 5) is 30.5. The van der Waals surface area contributed by atoms with Crippen LogP contribution in [0.2, 0.25) is 0 Å². The zero-order valence-electron chi connectivity index (χ0n) is 21.8. The predicted octanol–water partition coefficient (Wildman–Crippen LogP) is 4.49. The minimum atomic E-state index is -1.01. The van der Waals surface area contributed by atoms with Crippen LogP contribution in [0, 0.1) is 5.92 Å². The van der Waals surface area contributed by atoms with Crippen molar-refractivity contribution in [3.8, 4) is 22.8 Å². The summed E-state index contributed by atoms with van der Waals surface area (Å²) >= 11 is 0. The molecule has 2 N–H and O–H groups in total. The van der Waals surface area contributed by atoms with E-state index in [2.05, 4.69) is 17.2 Å². The number of hydrogen-bond acceptors (Lipinski definition) is 7. The SMILES string of the molecule is C=CC1C[C@]1(NC(=O)C1C[C@@H](Oc2cc(-c3ccccc3)nc3cc(OC)ccc23)CN1)C(=O)OCC.Cl.Cl. The van der Waals surface area contributed by atoms with Crippen molar-refractivity contribution in [2.24, 2.45) is 5.92 Å². The van der Waals surface area contributed by atoms with Gasteiger partial charge in [0.05, 0.1) is 31.0 Å². The van der Waals surface area contributed by atoms with E-state index in [1.807, 2.05) is 54.6 Å². The van der Waals surface area contributed by atoms with Gasteiger partial charge in [0.25, 0.3) is 0 Å². The van der Waals surface area contributed by atoms with Gasteiger partial charge in [-0.2, -0.15) is 0 Å². The molecule has 2 aliphatic rings. The molecule has 0 radical (unpaired) electrons. The number of methoxy groups -OCH3 is 1. The molecular weight excluding hydrogens is 541 g/mol. The zero-order chi connectivity index (χ0) is 26.0. The average molecular weight is 575 g/mol. The predicted molar refractivity (Wildman–Crippen MR) is 155 cm³/mol. The van der Waals surface area contributed by atoms with Gasteiger partial charge in [0.1, 0.15) is 23.1 Å². The number of fused-ring (bicyclic) bond motifs is 1. The highest BCUT2D eigenvalue weighted by molar-refractivity contribution is 5.94. The molecule has 10 heteroatoms. The maximum Gasteiger partial charge on any atom is 0.332 e. The van der Waals surface area contributed by atoms with Crippen LogP contribution in [0.5, 0.6) is 11.5 Å². The van der Waals surface area contributed by atoms with Gasteiger partial charge in [0.15, 0.2) is 0 Å². The molecule has 2 fully saturated rings. The van der Waals surface area contributed by atoms with E-state index in [0.29, 0.717) is 30.9 Å². The number of amides is 1. The Kier molecular flexibility index (Phi) is 9.83. The molecule has 1 saturated carbocycles. The number of halogens is 2. The van der Waals surface area contributed by atoms with Gasteiger partial charge in [0, 0.05) is 42.0 Å². The van der Waals surface area contributed by atoms with Crippen molar-refractivity contribution >= 4 is 47.6 Å². The number of benzene rings is 2. The maximum atomic E-state index is 13.1. The van der Waals surface area contributed by atoms with Gasteiger partial charge in [-0.1, -0.05) is 36.4 Å². The molecule has 208 valence electrons. The molecule has 2 heterocycles. The topological polar surface area (TPSA) is 98.8 Å². The summed E-state index contributed by atoms with van der Waals surface area (Å²) in [5.41, 5.74) is 1.51. The van der Waals surface area contributed by atoms with Gasteiger partial charge in [-0.3, -0.25) is 4.79 Å². The van der Waals surface area contributed by atoms with Crippen molar-refractivity contribution < 1.29 is 23.8 Å². The Bertz CT molecular complexity index is 1340. The third-order valence-corrected chi connectivity index (χ3v) is 7.03. The summed E-state index contributed by atoms with van der Waals surface area (Å²) in [5.74, 6) is 0.629. The van der Waals surface area contributed by atoms with Gasteiger partial charge < -0.3 is 24.8 Å². The Balaban J connectivity index is 0.00000210. The molecule has 1 aliphatic carbocycles. The van der Waals surface area contributed by atoms with E-state index in [-0.39, 0.29) is 49.4 Å². The van der Waals surface area contributed by atoms with Gasteiger partial charge in [-0.15, -0.1) is 31.4 Å². The number of pyridine rings is 1. The first-order valence-corrected chi connectivity index (χ1v) is 12.5. The Hall–Kier alpha value is -3.33. The van der Waals surface area contributed by atoms with Crippen molar-refractivity contribution in [1.82, 2.24) is 15.6 Å². The Morgan fingerprint density at radius 1 is 1.18 bits per heavy atom. The van der Waals surface area contributed by atoms with Gasteiger partial charge in [0.2, 0.25) is 5.91 Å². The normalized spacial score (nSPS) is 23.1. The lowest BCUT2D eigenvalue weighted by Gasteiger charge is -2.20. The van der Waals surface area contributed by atoms with Crippen LogP contribution in [0.1, 0.15) is 19.8 Å². The van der Waals surface area contributed by atoms with Crippen molar-refractivity contribution in [3.05, 3.63) is 67.3 Å². The fourth-order valence-electron chi connectivity index (χ4n) is 4.90. The highest BCUT2D eigenvalue weighted by Crippen LogP contribution is 2.45. The zero-order valence-corrected chi connectivity index (χ0v) is 23.5. The maximum absolute atomic E-state index is 13.1. The van der Waals surface area contributed by atoms with Crippen LogP contribution in [0.15, 0.2) is 67.3 Å². The number of carbonyl (C=O) groups excluding carboxylic acids is 2. The summed E-state index contributed by atoms with van der Waals surface area (Å²) in [6.07, 6.45) is 2.42. The van der Waals surface area contributed by atoms with Gasteiger partial charge >= 0.3 is 5.97 Å². The first-order valence-electron chi connectivity index (χ1n) is 12.5. The second kappa shape index (κ2) is 12.7. The number of hydrogen-bond donors (Lipinski definition) is 2. The Morgan fingerprint density at radius 3 is 2.62 bits per heavy atom. The Labute approximate surface area is 240 Å². The third kappa shape index (κ3) is 6.13. The largest absolute Gasteiger partial charge is 0.497 e. The lowest BCUT2D eigenvalue weighted by Crippen LogP contribution is -2.51. The molecule has 8 nitrogen and oxygen atoms in total. The van der Waals surface area contributed by atoms with Crippen molar-refractivity contribution in [2.75, 3.05) is 20.3 Å². The molecule has 5 rings (SSSR count). The lowest BCUT2D eigenvalue weighted by atomic mass is 10.1. The average Bonchev–Trinajstić information content (AvgIpc) is 3.44. The van der Waals surface area contributed by atoms with Crippen LogP contribution in [0.25, 0.3) is 22.2 Å². The molecular formula is C29H33Cl2N3O5. The monoisotopic (exact) mass is 573 g/mol. The lowest BCUT2D eigenvalue weighted by molar-refractivity contribution is -0.149. The molecule has 0 bridgehead atoms. The number of carbonyl (C=O) groups is 2. The van der Waals surface area contributed by atoms with Crippen LogP contribution < -0.4 is 20.1 Å². The quantitative estimate of drug-likeness (QED) is 0.287. The fraction of sp³-hybridized carbons (Fsp3) is 0.345. The van der Waals surface area contributed by atoms with Crippen molar-refractivity contribution in [3.63, 3.8) is 0 Å². The summed E-state index contributed by atoms with van der Waals surface area (Å²) in [7, 11) is 1.62. The van der Waals surface area contributed by atoms with Crippen LogP contribution in [-0.4, -0.2) is 54.8 Å². The minimum absolute atomic E-state index is 0. The van der Waals surface area contributed by atoms with Crippen LogP contribution in [0.3, 0.4) is 0 Å². The molecule has 4 atom stereocenters. The molecule has 1 saturated heterocycles. The van der Waals surface area contributed by atoms with Crippen LogP contribution in [0.4, 0.5) is 0 Å².